The molecular formula is C15H15F3N4O5. The third kappa shape index (κ3) is 4.78. The number of aliphatic hydroxyl groups is 2. The topological polar surface area (TPSA) is 120 Å². The number of aliphatic hydroxyl groups excluding tert-OH is 2. The monoisotopic (exact) mass is 388 g/mol. The van der Waals surface area contributed by atoms with Crippen LogP contribution in [0.25, 0.3) is 0 Å². The van der Waals surface area contributed by atoms with Gasteiger partial charge in [-0.05, 0) is 6.07 Å². The molecule has 9 nitrogen and oxygen atoms in total. The van der Waals surface area contributed by atoms with Crippen LogP contribution in [0, 0.1) is 0 Å². The number of rotatable bonds is 5. The molecule has 0 aromatic carbocycles. The summed E-state index contributed by atoms with van der Waals surface area (Å²) < 4.78 is 53.8. The summed E-state index contributed by atoms with van der Waals surface area (Å²) >= 11 is 0. The molecule has 0 amide bonds. The Balaban J connectivity index is 1.59. The fraction of sp³-hybridized carbons (Fsp3) is 0.467. The Hall–Kier alpha value is -2.57. The number of hydrogen-bond acceptors (Lipinski definition) is 9. The van der Waals surface area contributed by atoms with E-state index >= 15 is 0 Å². The number of alkyl halides is 3. The largest absolute Gasteiger partial charge is 0.468 e. The molecule has 0 saturated carbocycles. The lowest BCUT2D eigenvalue weighted by Crippen LogP contribution is -2.56. The first-order valence-electron chi connectivity index (χ1n) is 7.78. The molecule has 0 aliphatic carbocycles. The third-order valence-electron chi connectivity index (χ3n) is 3.68. The molecule has 3 rings (SSSR count). The van der Waals surface area contributed by atoms with E-state index in [9.17, 15) is 23.4 Å². The molecule has 2 aromatic rings. The first-order valence-corrected chi connectivity index (χ1v) is 7.78. The summed E-state index contributed by atoms with van der Waals surface area (Å²) in [5.74, 6) is -0.447. The number of halogens is 3. The second-order valence-corrected chi connectivity index (χ2v) is 5.59. The molecule has 27 heavy (non-hydrogen) atoms. The van der Waals surface area contributed by atoms with Crippen molar-refractivity contribution < 1.29 is 37.6 Å². The number of hydrogen-bond donors (Lipinski definition) is 2. The average molecular weight is 388 g/mol. The molecule has 0 radical (unpaired) electrons. The fourth-order valence-electron chi connectivity index (χ4n) is 2.32. The maximum atomic E-state index is 12.7. The Morgan fingerprint density at radius 3 is 2.59 bits per heavy atom. The molecule has 1 aliphatic heterocycles. The van der Waals surface area contributed by atoms with Crippen LogP contribution in [0.15, 0.2) is 30.9 Å². The van der Waals surface area contributed by atoms with Gasteiger partial charge in [-0.1, -0.05) is 0 Å². The molecule has 0 unspecified atom stereocenters. The summed E-state index contributed by atoms with van der Waals surface area (Å²) in [5, 5.41) is 20.3. The Morgan fingerprint density at radius 1 is 1.15 bits per heavy atom. The van der Waals surface area contributed by atoms with Crippen molar-refractivity contribution in [3.05, 3.63) is 36.5 Å². The summed E-state index contributed by atoms with van der Waals surface area (Å²) in [6, 6.07) is 1.67. The lowest BCUT2D eigenvalue weighted by molar-refractivity contribution is -0.188. The predicted octanol–water partition coefficient (Wildman–Crippen LogP) is 0.232. The molecule has 12 heteroatoms. The first-order chi connectivity index (χ1) is 12.8. The Kier molecular flexibility index (Phi) is 5.68. The van der Waals surface area contributed by atoms with Gasteiger partial charge in [0.2, 0.25) is 5.88 Å². The summed E-state index contributed by atoms with van der Waals surface area (Å²) in [6.07, 6.45) is -5.13. The Morgan fingerprint density at radius 2 is 1.89 bits per heavy atom. The summed E-state index contributed by atoms with van der Waals surface area (Å²) in [5.41, 5.74) is -1.24. The van der Waals surface area contributed by atoms with E-state index in [-0.39, 0.29) is 19.2 Å². The van der Waals surface area contributed by atoms with Crippen LogP contribution < -0.4 is 9.47 Å². The van der Waals surface area contributed by atoms with Crippen molar-refractivity contribution in [1.82, 2.24) is 19.9 Å². The van der Waals surface area contributed by atoms with E-state index in [0.29, 0.717) is 6.20 Å². The normalized spacial score (nSPS) is 25.8. The van der Waals surface area contributed by atoms with Crippen molar-refractivity contribution in [2.75, 3.05) is 13.2 Å². The van der Waals surface area contributed by atoms with Gasteiger partial charge in [0.15, 0.2) is 11.8 Å². The lowest BCUT2D eigenvalue weighted by atomic mass is 10.0. The zero-order valence-corrected chi connectivity index (χ0v) is 13.7. The van der Waals surface area contributed by atoms with E-state index in [2.05, 4.69) is 19.9 Å². The van der Waals surface area contributed by atoms with E-state index in [1.165, 1.54) is 12.4 Å². The van der Waals surface area contributed by atoms with Gasteiger partial charge in [-0.25, -0.2) is 15.0 Å². The number of ether oxygens (including phenoxy) is 3. The smallest absolute Gasteiger partial charge is 0.435 e. The number of nitrogens with zero attached hydrogens (tertiary/aromatic N) is 4. The fourth-order valence-corrected chi connectivity index (χ4v) is 2.32. The maximum absolute atomic E-state index is 12.7. The van der Waals surface area contributed by atoms with Gasteiger partial charge >= 0.3 is 12.2 Å². The molecule has 1 fully saturated rings. The summed E-state index contributed by atoms with van der Waals surface area (Å²) in [4.78, 5) is 14.4. The van der Waals surface area contributed by atoms with Gasteiger partial charge in [-0.2, -0.15) is 13.2 Å². The SMILES string of the molecule is O[C@@H]1[C@H](O)[C@@H](Oc2cncc(C(F)(F)F)n2)CO[C@@H]1COc1ncccn1. The maximum Gasteiger partial charge on any atom is 0.435 e. The standard InChI is InChI=1S/C15H15F3N4O5/c16-15(17,18)10-4-19-5-11(22-10)27-9-7-25-8(12(23)13(9)24)6-26-14-20-2-1-3-21-14/h1-5,8-9,12-13,23-24H,6-7H2/t8-,9+,12+,13-/m1/s1. The molecule has 146 valence electrons. The molecule has 2 N–H and O–H groups in total. The van der Waals surface area contributed by atoms with Gasteiger partial charge < -0.3 is 24.4 Å². The van der Waals surface area contributed by atoms with E-state index in [1.807, 2.05) is 0 Å². The van der Waals surface area contributed by atoms with Crippen LogP contribution in [0.1, 0.15) is 5.69 Å². The van der Waals surface area contributed by atoms with E-state index in [0.717, 1.165) is 6.20 Å². The Bertz CT molecular complexity index is 752. The van der Waals surface area contributed by atoms with Crippen molar-refractivity contribution in [2.24, 2.45) is 0 Å². The summed E-state index contributed by atoms with van der Waals surface area (Å²) in [6.45, 7) is -0.349. The quantitative estimate of drug-likeness (QED) is 0.742. The van der Waals surface area contributed by atoms with Gasteiger partial charge in [0.05, 0.1) is 19.0 Å². The van der Waals surface area contributed by atoms with Crippen LogP contribution in [0.3, 0.4) is 0 Å². The zero-order valence-electron chi connectivity index (χ0n) is 13.7. The first kappa shape index (κ1) is 19.2. The number of aromatic nitrogens is 4. The van der Waals surface area contributed by atoms with E-state index in [4.69, 9.17) is 14.2 Å². The van der Waals surface area contributed by atoms with Gasteiger partial charge in [0.25, 0.3) is 0 Å². The second kappa shape index (κ2) is 7.98. The predicted molar refractivity (Wildman–Crippen MR) is 80.7 cm³/mol. The van der Waals surface area contributed by atoms with Crippen LogP contribution >= 0.6 is 0 Å². The van der Waals surface area contributed by atoms with Crippen molar-refractivity contribution >= 4 is 0 Å². The molecule has 0 bridgehead atoms. The van der Waals surface area contributed by atoms with Crippen molar-refractivity contribution in [3.8, 4) is 11.9 Å². The average Bonchev–Trinajstić information content (AvgIpc) is 2.65. The van der Waals surface area contributed by atoms with Gasteiger partial charge in [0.1, 0.15) is 24.9 Å². The lowest BCUT2D eigenvalue weighted by Gasteiger charge is -2.36. The minimum atomic E-state index is -4.69. The third-order valence-corrected chi connectivity index (χ3v) is 3.68. The highest BCUT2D eigenvalue weighted by molar-refractivity contribution is 5.11. The Labute approximate surface area is 150 Å². The molecule has 1 aliphatic rings. The highest BCUT2D eigenvalue weighted by Crippen LogP contribution is 2.28. The van der Waals surface area contributed by atoms with Crippen LogP contribution in [0.4, 0.5) is 13.2 Å². The highest BCUT2D eigenvalue weighted by Gasteiger charge is 2.41. The van der Waals surface area contributed by atoms with Crippen LogP contribution in [-0.4, -0.2) is 67.8 Å². The zero-order chi connectivity index (χ0) is 19.4. The molecule has 4 atom stereocenters. The van der Waals surface area contributed by atoms with E-state index in [1.54, 1.807) is 6.07 Å². The van der Waals surface area contributed by atoms with E-state index < -0.39 is 42.2 Å². The highest BCUT2D eigenvalue weighted by atomic mass is 19.4. The molecule has 2 aromatic heterocycles. The minimum Gasteiger partial charge on any atom is -0.468 e. The van der Waals surface area contributed by atoms with Crippen molar-refractivity contribution in [2.45, 2.75) is 30.6 Å². The van der Waals surface area contributed by atoms with Crippen molar-refractivity contribution in [3.63, 3.8) is 0 Å². The molecule has 0 spiro atoms. The molecule has 3 heterocycles. The molecular weight excluding hydrogens is 373 g/mol. The van der Waals surface area contributed by atoms with Crippen LogP contribution in [0.5, 0.6) is 11.9 Å². The van der Waals surface area contributed by atoms with Gasteiger partial charge in [-0.3, -0.25) is 4.98 Å². The van der Waals surface area contributed by atoms with Gasteiger partial charge in [-0.15, -0.1) is 0 Å². The molecule has 1 saturated heterocycles. The van der Waals surface area contributed by atoms with Crippen molar-refractivity contribution in [1.29, 1.82) is 0 Å². The van der Waals surface area contributed by atoms with Gasteiger partial charge in [0, 0.05) is 12.4 Å². The minimum absolute atomic E-state index is 0.0698. The summed E-state index contributed by atoms with van der Waals surface area (Å²) in [7, 11) is 0. The second-order valence-electron chi connectivity index (χ2n) is 5.59. The van der Waals surface area contributed by atoms with Crippen LogP contribution in [-0.2, 0) is 10.9 Å². The van der Waals surface area contributed by atoms with Crippen LogP contribution in [0.2, 0.25) is 0 Å².